The lowest BCUT2D eigenvalue weighted by molar-refractivity contribution is -0.137. The topological polar surface area (TPSA) is 91.3 Å². The molecule has 6 nitrogen and oxygen atoms in total. The highest BCUT2D eigenvalue weighted by Crippen LogP contribution is 2.18. The summed E-state index contributed by atoms with van der Waals surface area (Å²) in [7, 11) is 0. The molecule has 118 valence electrons. The summed E-state index contributed by atoms with van der Waals surface area (Å²) in [6.45, 7) is 4.49. The number of aryl methyl sites for hydroxylation is 1. The van der Waals surface area contributed by atoms with Gasteiger partial charge in [0.1, 0.15) is 5.01 Å². The lowest BCUT2D eigenvalue weighted by atomic mass is 10.1. The lowest BCUT2D eigenvalue weighted by Crippen LogP contribution is -2.37. The molecule has 1 aromatic rings. The molecule has 0 aliphatic carbocycles. The predicted molar refractivity (Wildman–Crippen MR) is 82.5 cm³/mol. The number of unbranched alkanes of at least 4 members (excludes halogenated alkanes) is 3. The van der Waals surface area contributed by atoms with Crippen molar-refractivity contribution in [1.29, 1.82) is 0 Å². The normalized spacial score (nSPS) is 11.9. The zero-order chi connectivity index (χ0) is 15.7. The summed E-state index contributed by atoms with van der Waals surface area (Å²) < 4.78 is 0. The van der Waals surface area contributed by atoms with E-state index in [0.29, 0.717) is 13.0 Å². The van der Waals surface area contributed by atoms with E-state index in [1.165, 1.54) is 0 Å². The van der Waals surface area contributed by atoms with E-state index < -0.39 is 5.97 Å². The highest BCUT2D eigenvalue weighted by Gasteiger charge is 2.11. The van der Waals surface area contributed by atoms with Crippen LogP contribution in [0.4, 0.5) is 4.79 Å². The van der Waals surface area contributed by atoms with Crippen LogP contribution in [0, 0.1) is 6.92 Å². The van der Waals surface area contributed by atoms with E-state index in [9.17, 15) is 9.59 Å². The fraction of sp³-hybridized carbons (Fsp3) is 0.643. The fourth-order valence-corrected chi connectivity index (χ4v) is 2.61. The van der Waals surface area contributed by atoms with Crippen molar-refractivity contribution >= 4 is 23.3 Å². The van der Waals surface area contributed by atoms with Gasteiger partial charge in [0, 0.05) is 24.0 Å². The average Bonchev–Trinajstić information content (AvgIpc) is 2.84. The SMILES string of the molecule is Cc1cnc(C(C)NC(=O)NCCCCCCC(=O)O)s1. The van der Waals surface area contributed by atoms with E-state index in [-0.39, 0.29) is 18.5 Å². The predicted octanol–water partition coefficient (Wildman–Crippen LogP) is 2.85. The Balaban J connectivity index is 2.07. The monoisotopic (exact) mass is 313 g/mol. The van der Waals surface area contributed by atoms with Gasteiger partial charge in [0.05, 0.1) is 6.04 Å². The summed E-state index contributed by atoms with van der Waals surface area (Å²) in [5, 5.41) is 15.0. The molecule has 1 rings (SSSR count). The molecular formula is C14H23N3O3S. The van der Waals surface area contributed by atoms with Gasteiger partial charge in [-0.3, -0.25) is 4.79 Å². The molecule has 0 bridgehead atoms. The average molecular weight is 313 g/mol. The van der Waals surface area contributed by atoms with Crippen molar-refractivity contribution in [3.8, 4) is 0 Å². The van der Waals surface area contributed by atoms with Crippen LogP contribution in [0.3, 0.4) is 0 Å². The Bertz CT molecular complexity index is 462. The van der Waals surface area contributed by atoms with Crippen molar-refractivity contribution in [2.75, 3.05) is 6.54 Å². The Morgan fingerprint density at radius 3 is 2.67 bits per heavy atom. The molecular weight excluding hydrogens is 290 g/mol. The Morgan fingerprint density at radius 1 is 1.33 bits per heavy atom. The van der Waals surface area contributed by atoms with Crippen LogP contribution >= 0.6 is 11.3 Å². The minimum atomic E-state index is -0.751. The molecule has 0 radical (unpaired) electrons. The van der Waals surface area contributed by atoms with Crippen molar-refractivity contribution in [2.24, 2.45) is 0 Å². The summed E-state index contributed by atoms with van der Waals surface area (Å²) in [4.78, 5) is 27.4. The third-order valence-corrected chi connectivity index (χ3v) is 4.06. The third-order valence-electron chi connectivity index (χ3n) is 2.96. The van der Waals surface area contributed by atoms with E-state index >= 15 is 0 Å². The number of carboxylic acid groups (broad SMARTS) is 1. The van der Waals surface area contributed by atoms with Crippen LogP contribution in [-0.4, -0.2) is 28.6 Å². The smallest absolute Gasteiger partial charge is 0.315 e. The number of carbonyl (C=O) groups excluding carboxylic acids is 1. The first kappa shape index (κ1) is 17.4. The van der Waals surface area contributed by atoms with E-state index in [1.54, 1.807) is 17.5 Å². The Hall–Kier alpha value is -1.63. The summed E-state index contributed by atoms with van der Waals surface area (Å²) in [6.07, 6.45) is 5.38. The van der Waals surface area contributed by atoms with Gasteiger partial charge in [0.2, 0.25) is 0 Å². The van der Waals surface area contributed by atoms with Crippen LogP contribution in [0.25, 0.3) is 0 Å². The van der Waals surface area contributed by atoms with Crippen LogP contribution in [0.5, 0.6) is 0 Å². The van der Waals surface area contributed by atoms with Crippen molar-refractivity contribution in [2.45, 2.75) is 52.0 Å². The second-order valence-electron chi connectivity index (χ2n) is 4.99. The van der Waals surface area contributed by atoms with Gasteiger partial charge in [-0.05, 0) is 26.7 Å². The van der Waals surface area contributed by atoms with E-state index in [2.05, 4.69) is 15.6 Å². The standard InChI is InChI=1S/C14H23N3O3S/c1-10-9-16-13(21-10)11(2)17-14(20)15-8-6-4-3-5-7-12(18)19/h9,11H,3-8H2,1-2H3,(H,18,19)(H2,15,17,20). The van der Waals surface area contributed by atoms with Gasteiger partial charge in [0.25, 0.3) is 0 Å². The Labute approximate surface area is 129 Å². The van der Waals surface area contributed by atoms with Crippen molar-refractivity contribution in [3.63, 3.8) is 0 Å². The Kier molecular flexibility index (Phi) is 7.74. The van der Waals surface area contributed by atoms with Crippen LogP contribution in [0.1, 0.15) is 55.0 Å². The molecule has 0 aliphatic rings. The molecule has 1 atom stereocenters. The number of thiazole rings is 1. The second-order valence-corrected chi connectivity index (χ2v) is 6.26. The van der Waals surface area contributed by atoms with Gasteiger partial charge in [-0.15, -0.1) is 11.3 Å². The lowest BCUT2D eigenvalue weighted by Gasteiger charge is -2.12. The molecule has 0 fully saturated rings. The first-order chi connectivity index (χ1) is 9.99. The van der Waals surface area contributed by atoms with Gasteiger partial charge in [-0.1, -0.05) is 12.8 Å². The quantitative estimate of drug-likeness (QED) is 0.611. The van der Waals surface area contributed by atoms with Crippen LogP contribution in [-0.2, 0) is 4.79 Å². The maximum absolute atomic E-state index is 11.7. The van der Waals surface area contributed by atoms with E-state index in [0.717, 1.165) is 29.1 Å². The van der Waals surface area contributed by atoms with Gasteiger partial charge >= 0.3 is 12.0 Å². The number of rotatable bonds is 9. The number of urea groups is 1. The minimum absolute atomic E-state index is 0.0979. The number of hydrogen-bond donors (Lipinski definition) is 3. The number of carboxylic acids is 1. The Morgan fingerprint density at radius 2 is 2.05 bits per heavy atom. The zero-order valence-electron chi connectivity index (χ0n) is 12.5. The molecule has 0 spiro atoms. The molecule has 0 aromatic carbocycles. The van der Waals surface area contributed by atoms with Gasteiger partial charge < -0.3 is 15.7 Å². The number of aromatic nitrogens is 1. The first-order valence-corrected chi connectivity index (χ1v) is 7.99. The summed E-state index contributed by atoms with van der Waals surface area (Å²) in [5.41, 5.74) is 0. The molecule has 2 amide bonds. The number of hydrogen-bond acceptors (Lipinski definition) is 4. The summed E-state index contributed by atoms with van der Waals surface area (Å²) in [5.74, 6) is -0.751. The van der Waals surface area contributed by atoms with E-state index in [4.69, 9.17) is 5.11 Å². The highest BCUT2D eigenvalue weighted by molar-refractivity contribution is 7.11. The number of nitrogens with zero attached hydrogens (tertiary/aromatic N) is 1. The van der Waals surface area contributed by atoms with Crippen molar-refractivity contribution in [3.05, 3.63) is 16.1 Å². The fourth-order valence-electron chi connectivity index (χ4n) is 1.84. The molecule has 1 heterocycles. The minimum Gasteiger partial charge on any atom is -0.481 e. The molecule has 21 heavy (non-hydrogen) atoms. The number of carbonyl (C=O) groups is 2. The molecule has 7 heteroatoms. The molecule has 3 N–H and O–H groups in total. The molecule has 0 aliphatic heterocycles. The van der Waals surface area contributed by atoms with Crippen LogP contribution in [0.2, 0.25) is 0 Å². The van der Waals surface area contributed by atoms with Crippen LogP contribution < -0.4 is 10.6 Å². The second kappa shape index (κ2) is 9.33. The maximum Gasteiger partial charge on any atom is 0.315 e. The number of nitrogens with one attached hydrogen (secondary N) is 2. The van der Waals surface area contributed by atoms with Crippen molar-refractivity contribution in [1.82, 2.24) is 15.6 Å². The first-order valence-electron chi connectivity index (χ1n) is 7.17. The summed E-state index contributed by atoms with van der Waals surface area (Å²) in [6, 6.07) is -0.292. The summed E-state index contributed by atoms with van der Waals surface area (Å²) >= 11 is 1.58. The maximum atomic E-state index is 11.7. The molecule has 1 unspecified atom stereocenters. The zero-order valence-corrected chi connectivity index (χ0v) is 13.3. The van der Waals surface area contributed by atoms with Gasteiger partial charge in [-0.2, -0.15) is 0 Å². The van der Waals surface area contributed by atoms with Gasteiger partial charge in [0.15, 0.2) is 0 Å². The molecule has 0 saturated carbocycles. The largest absolute Gasteiger partial charge is 0.481 e. The molecule has 1 aromatic heterocycles. The van der Waals surface area contributed by atoms with Crippen LogP contribution in [0.15, 0.2) is 6.20 Å². The molecule has 0 saturated heterocycles. The van der Waals surface area contributed by atoms with Crippen molar-refractivity contribution < 1.29 is 14.7 Å². The highest BCUT2D eigenvalue weighted by atomic mass is 32.1. The van der Waals surface area contributed by atoms with Gasteiger partial charge in [-0.25, -0.2) is 9.78 Å². The third kappa shape index (κ3) is 7.65. The van der Waals surface area contributed by atoms with E-state index in [1.807, 2.05) is 13.8 Å². The number of amides is 2. The number of aliphatic carboxylic acids is 1.